The summed E-state index contributed by atoms with van der Waals surface area (Å²) in [6, 6.07) is 4.65. The van der Waals surface area contributed by atoms with Crippen LogP contribution in [0.1, 0.15) is 16.2 Å². The summed E-state index contributed by atoms with van der Waals surface area (Å²) >= 11 is 5.55. The van der Waals surface area contributed by atoms with E-state index < -0.39 is 0 Å². The summed E-state index contributed by atoms with van der Waals surface area (Å²) in [4.78, 5) is 11.5. The molecule has 1 amide bonds. The third-order valence-corrected chi connectivity index (χ3v) is 1.98. The highest BCUT2D eigenvalue weighted by molar-refractivity contribution is 6.29. The van der Waals surface area contributed by atoms with Gasteiger partial charge < -0.3 is 9.84 Å². The predicted octanol–water partition coefficient (Wildman–Crippen LogP) is 1.05. The van der Waals surface area contributed by atoms with Gasteiger partial charge in [-0.05, 0) is 12.1 Å². The van der Waals surface area contributed by atoms with Gasteiger partial charge in [-0.15, -0.1) is 10.2 Å². The molecule has 0 bridgehead atoms. The maximum atomic E-state index is 11.5. The van der Waals surface area contributed by atoms with Gasteiger partial charge in [0.1, 0.15) is 0 Å². The molecule has 0 aliphatic carbocycles. The molecule has 0 fully saturated rings. The molecule has 0 radical (unpaired) electrons. The molecule has 0 aromatic carbocycles. The maximum absolute atomic E-state index is 11.5. The van der Waals surface area contributed by atoms with Crippen molar-refractivity contribution < 1.29 is 9.32 Å². The van der Waals surface area contributed by atoms with E-state index in [-0.39, 0.29) is 23.3 Å². The van der Waals surface area contributed by atoms with Crippen molar-refractivity contribution in [3.8, 4) is 0 Å². The van der Waals surface area contributed by atoms with E-state index in [9.17, 15) is 4.79 Å². The Morgan fingerprint density at radius 2 is 2.25 bits per heavy atom. The molecule has 82 valence electrons. The normalized spacial score (nSPS) is 10.1. The average molecular weight is 239 g/mol. The van der Waals surface area contributed by atoms with Gasteiger partial charge >= 0.3 is 0 Å². The molecule has 0 saturated carbocycles. The summed E-state index contributed by atoms with van der Waals surface area (Å²) in [5.74, 6) is 0.218. The largest absolute Gasteiger partial charge is 0.360 e. The highest BCUT2D eigenvalue weighted by Crippen LogP contribution is 2.02. The zero-order valence-corrected chi connectivity index (χ0v) is 8.81. The molecule has 7 heteroatoms. The van der Waals surface area contributed by atoms with Gasteiger partial charge in [-0.25, -0.2) is 0 Å². The van der Waals surface area contributed by atoms with Crippen LogP contribution in [0.2, 0.25) is 5.15 Å². The molecule has 2 heterocycles. The Morgan fingerprint density at radius 1 is 1.38 bits per heavy atom. The number of amides is 1. The van der Waals surface area contributed by atoms with Crippen LogP contribution in [0.25, 0.3) is 0 Å². The first-order valence-electron chi connectivity index (χ1n) is 4.43. The molecule has 16 heavy (non-hydrogen) atoms. The summed E-state index contributed by atoms with van der Waals surface area (Å²) in [5, 5.41) is 13.6. The van der Waals surface area contributed by atoms with E-state index in [0.29, 0.717) is 5.76 Å². The highest BCUT2D eigenvalue weighted by Gasteiger charge is 2.08. The van der Waals surface area contributed by atoms with Gasteiger partial charge in [0.15, 0.2) is 16.6 Å². The third-order valence-electron chi connectivity index (χ3n) is 1.78. The molecular formula is C9H7ClN4O2. The average Bonchev–Trinajstić information content (AvgIpc) is 2.80. The molecule has 0 aliphatic rings. The lowest BCUT2D eigenvalue weighted by Gasteiger charge is -2.00. The van der Waals surface area contributed by atoms with Gasteiger partial charge in [-0.3, -0.25) is 4.79 Å². The van der Waals surface area contributed by atoms with Crippen LogP contribution >= 0.6 is 11.6 Å². The second-order valence-electron chi connectivity index (χ2n) is 2.90. The fraction of sp³-hybridized carbons (Fsp3) is 0.111. The van der Waals surface area contributed by atoms with Gasteiger partial charge in [-0.1, -0.05) is 16.8 Å². The standard InChI is InChI=1S/C9H7ClN4O2/c10-8-2-1-7(13-14-8)9(15)11-5-6-3-4-12-16-6/h1-4H,5H2,(H,11,15). The number of nitrogens with zero attached hydrogens (tertiary/aromatic N) is 3. The first kappa shape index (κ1) is 10.6. The number of carbonyl (C=O) groups is 1. The summed E-state index contributed by atoms with van der Waals surface area (Å²) < 4.78 is 4.82. The second kappa shape index (κ2) is 4.71. The van der Waals surface area contributed by atoms with Gasteiger partial charge in [0.2, 0.25) is 0 Å². The first-order chi connectivity index (χ1) is 7.75. The Bertz CT molecular complexity index is 469. The Balaban J connectivity index is 1.95. The fourth-order valence-corrected chi connectivity index (χ4v) is 1.13. The Labute approximate surface area is 95.6 Å². The van der Waals surface area contributed by atoms with Gasteiger partial charge in [0, 0.05) is 6.07 Å². The molecule has 0 atom stereocenters. The van der Waals surface area contributed by atoms with E-state index >= 15 is 0 Å². The van der Waals surface area contributed by atoms with E-state index in [4.69, 9.17) is 16.1 Å². The van der Waals surface area contributed by atoms with Crippen LogP contribution < -0.4 is 5.32 Å². The Hall–Kier alpha value is -1.95. The zero-order valence-electron chi connectivity index (χ0n) is 8.05. The molecule has 0 saturated heterocycles. The molecule has 1 N–H and O–H groups in total. The molecule has 2 aromatic rings. The molecule has 6 nitrogen and oxygen atoms in total. The SMILES string of the molecule is O=C(NCc1ccno1)c1ccc(Cl)nn1. The summed E-state index contributed by atoms with van der Waals surface area (Å²) in [7, 11) is 0. The van der Waals surface area contributed by atoms with Crippen molar-refractivity contribution in [1.29, 1.82) is 0 Å². The van der Waals surface area contributed by atoms with Crippen LogP contribution in [0.15, 0.2) is 28.9 Å². The topological polar surface area (TPSA) is 80.9 Å². The number of hydrogen-bond donors (Lipinski definition) is 1. The van der Waals surface area contributed by atoms with Crippen molar-refractivity contribution in [1.82, 2.24) is 20.7 Å². The number of halogens is 1. The summed E-state index contributed by atoms with van der Waals surface area (Å²) in [6.45, 7) is 0.253. The van der Waals surface area contributed by atoms with Crippen molar-refractivity contribution >= 4 is 17.5 Å². The monoisotopic (exact) mass is 238 g/mol. The molecular weight excluding hydrogens is 232 g/mol. The van der Waals surface area contributed by atoms with Gasteiger partial charge in [-0.2, -0.15) is 0 Å². The minimum atomic E-state index is -0.347. The molecule has 0 spiro atoms. The van der Waals surface area contributed by atoms with Crippen LogP contribution in [0.5, 0.6) is 0 Å². The maximum Gasteiger partial charge on any atom is 0.272 e. The third kappa shape index (κ3) is 2.54. The lowest BCUT2D eigenvalue weighted by atomic mass is 10.3. The van der Waals surface area contributed by atoms with Crippen LogP contribution in [-0.2, 0) is 6.54 Å². The van der Waals surface area contributed by atoms with Gasteiger partial charge in [0.25, 0.3) is 5.91 Å². The minimum Gasteiger partial charge on any atom is -0.360 e. The quantitative estimate of drug-likeness (QED) is 0.864. The van der Waals surface area contributed by atoms with E-state index in [1.807, 2.05) is 0 Å². The molecule has 0 unspecified atom stereocenters. The fourth-order valence-electron chi connectivity index (χ4n) is 1.03. The number of rotatable bonds is 3. The van der Waals surface area contributed by atoms with Crippen molar-refractivity contribution in [2.24, 2.45) is 0 Å². The highest BCUT2D eigenvalue weighted by atomic mass is 35.5. The smallest absolute Gasteiger partial charge is 0.272 e. The van der Waals surface area contributed by atoms with Crippen LogP contribution in [-0.4, -0.2) is 21.3 Å². The number of hydrogen-bond acceptors (Lipinski definition) is 5. The zero-order chi connectivity index (χ0) is 11.4. The van der Waals surface area contributed by atoms with Crippen LogP contribution in [0.3, 0.4) is 0 Å². The van der Waals surface area contributed by atoms with Crippen molar-refractivity contribution in [2.45, 2.75) is 6.54 Å². The molecule has 2 aromatic heterocycles. The Kier molecular flexibility index (Phi) is 3.11. The van der Waals surface area contributed by atoms with Gasteiger partial charge in [0.05, 0.1) is 12.7 Å². The minimum absolute atomic E-state index is 0.198. The van der Waals surface area contributed by atoms with E-state index in [1.165, 1.54) is 18.3 Å². The number of aromatic nitrogens is 3. The lowest BCUT2D eigenvalue weighted by Crippen LogP contribution is -2.23. The van der Waals surface area contributed by atoms with E-state index in [0.717, 1.165) is 0 Å². The summed E-state index contributed by atoms with van der Waals surface area (Å²) in [5.41, 5.74) is 0.198. The van der Waals surface area contributed by atoms with E-state index in [1.54, 1.807) is 6.07 Å². The van der Waals surface area contributed by atoms with Crippen molar-refractivity contribution in [2.75, 3.05) is 0 Å². The van der Waals surface area contributed by atoms with Crippen LogP contribution in [0.4, 0.5) is 0 Å². The predicted molar refractivity (Wildman–Crippen MR) is 54.7 cm³/mol. The lowest BCUT2D eigenvalue weighted by molar-refractivity contribution is 0.0941. The van der Waals surface area contributed by atoms with E-state index in [2.05, 4.69) is 20.7 Å². The first-order valence-corrected chi connectivity index (χ1v) is 4.80. The Morgan fingerprint density at radius 3 is 2.88 bits per heavy atom. The molecule has 0 aliphatic heterocycles. The number of carbonyl (C=O) groups excluding carboxylic acids is 1. The second-order valence-corrected chi connectivity index (χ2v) is 3.29. The molecule has 2 rings (SSSR count). The van der Waals surface area contributed by atoms with Crippen molar-refractivity contribution in [3.63, 3.8) is 0 Å². The van der Waals surface area contributed by atoms with Crippen molar-refractivity contribution in [3.05, 3.63) is 41.0 Å². The number of nitrogens with one attached hydrogen (secondary N) is 1. The van der Waals surface area contributed by atoms with Crippen LogP contribution in [0, 0.1) is 0 Å². The summed E-state index contributed by atoms with van der Waals surface area (Å²) in [6.07, 6.45) is 1.50.